The highest BCUT2D eigenvalue weighted by Gasteiger charge is 2.13. The minimum atomic E-state index is -0.0716. The smallest absolute Gasteiger partial charge is 0.251 e. The molecule has 1 amide bonds. The van der Waals surface area contributed by atoms with Gasteiger partial charge < -0.3 is 16.4 Å². The van der Waals surface area contributed by atoms with E-state index in [-0.39, 0.29) is 29.9 Å². The first-order chi connectivity index (χ1) is 10.6. The van der Waals surface area contributed by atoms with Gasteiger partial charge in [-0.3, -0.25) is 9.79 Å². The summed E-state index contributed by atoms with van der Waals surface area (Å²) in [4.78, 5) is 16.2. The summed E-state index contributed by atoms with van der Waals surface area (Å²) in [5.41, 5.74) is 7.63. The predicted molar refractivity (Wildman–Crippen MR) is 105 cm³/mol. The Bertz CT molecular complexity index is 527. The number of hydrogen-bond acceptors (Lipinski definition) is 2. The number of amides is 1. The van der Waals surface area contributed by atoms with Gasteiger partial charge in [-0.15, -0.1) is 24.0 Å². The number of carbonyl (C=O) groups is 1. The van der Waals surface area contributed by atoms with E-state index in [9.17, 15) is 4.79 Å². The van der Waals surface area contributed by atoms with Crippen molar-refractivity contribution in [2.24, 2.45) is 10.7 Å². The van der Waals surface area contributed by atoms with Crippen molar-refractivity contribution in [1.29, 1.82) is 0 Å². The topological polar surface area (TPSA) is 79.5 Å². The molecule has 1 fully saturated rings. The molecule has 0 saturated heterocycles. The van der Waals surface area contributed by atoms with Crippen molar-refractivity contribution in [3.63, 3.8) is 0 Å². The van der Waals surface area contributed by atoms with Crippen LogP contribution < -0.4 is 16.4 Å². The first-order valence-corrected chi connectivity index (χ1v) is 8.06. The minimum absolute atomic E-state index is 0. The summed E-state index contributed by atoms with van der Waals surface area (Å²) < 4.78 is 0. The number of benzene rings is 1. The molecule has 5 nitrogen and oxygen atoms in total. The highest BCUT2D eigenvalue weighted by Crippen LogP contribution is 2.16. The normalized spacial score (nSPS) is 15.6. The van der Waals surface area contributed by atoms with Gasteiger partial charge in [0.05, 0.1) is 6.54 Å². The summed E-state index contributed by atoms with van der Waals surface area (Å²) >= 11 is 0. The van der Waals surface area contributed by atoms with Gasteiger partial charge in [0, 0.05) is 18.2 Å². The van der Waals surface area contributed by atoms with E-state index in [0.717, 1.165) is 5.56 Å². The molecule has 0 aliphatic heterocycles. The molecule has 6 heteroatoms. The molecule has 128 valence electrons. The molecule has 1 saturated carbocycles. The van der Waals surface area contributed by atoms with E-state index in [4.69, 9.17) is 5.73 Å². The van der Waals surface area contributed by atoms with Crippen LogP contribution in [0.15, 0.2) is 29.3 Å². The zero-order valence-electron chi connectivity index (χ0n) is 13.7. The molecule has 1 aliphatic carbocycles. The first kappa shape index (κ1) is 19.7. The third-order valence-electron chi connectivity index (χ3n) is 3.92. The van der Waals surface area contributed by atoms with Crippen LogP contribution in [0.3, 0.4) is 0 Å². The number of rotatable bonds is 5. The quantitative estimate of drug-likeness (QED) is 0.291. The third-order valence-corrected chi connectivity index (χ3v) is 3.92. The van der Waals surface area contributed by atoms with Crippen LogP contribution in [0.4, 0.5) is 0 Å². The molecule has 4 N–H and O–H groups in total. The number of nitrogens with two attached hydrogens (primary N) is 1. The maximum Gasteiger partial charge on any atom is 0.251 e. The van der Waals surface area contributed by atoms with Crippen LogP contribution >= 0.6 is 24.0 Å². The molecule has 1 aromatic carbocycles. The average Bonchev–Trinajstić information content (AvgIpc) is 2.52. The molecule has 1 aliphatic rings. The molecule has 0 unspecified atom stereocenters. The SMILES string of the molecule is Cc1cccc(C(=O)NCCN=C(N)NC2CCCCC2)c1.I. The lowest BCUT2D eigenvalue weighted by atomic mass is 9.96. The number of aryl methyl sites for hydroxylation is 1. The molecular weight excluding hydrogens is 403 g/mol. The molecule has 0 radical (unpaired) electrons. The van der Waals surface area contributed by atoms with Crippen LogP contribution in [0.5, 0.6) is 0 Å². The van der Waals surface area contributed by atoms with Crippen LogP contribution in [0.25, 0.3) is 0 Å². The Kier molecular flexibility index (Phi) is 8.98. The molecule has 0 heterocycles. The summed E-state index contributed by atoms with van der Waals surface area (Å²) in [6.45, 7) is 2.95. The Morgan fingerprint density at radius 3 is 2.74 bits per heavy atom. The van der Waals surface area contributed by atoms with Crippen LogP contribution in [-0.2, 0) is 0 Å². The van der Waals surface area contributed by atoms with E-state index in [2.05, 4.69) is 15.6 Å². The second-order valence-corrected chi connectivity index (χ2v) is 5.87. The highest BCUT2D eigenvalue weighted by molar-refractivity contribution is 14.0. The second kappa shape index (κ2) is 10.5. The van der Waals surface area contributed by atoms with E-state index in [0.29, 0.717) is 30.7 Å². The van der Waals surface area contributed by atoms with Gasteiger partial charge in [0.25, 0.3) is 5.91 Å². The Labute approximate surface area is 155 Å². The van der Waals surface area contributed by atoms with Gasteiger partial charge in [-0.2, -0.15) is 0 Å². The molecule has 2 rings (SSSR count). The molecule has 0 aromatic heterocycles. The zero-order chi connectivity index (χ0) is 15.8. The number of halogens is 1. The van der Waals surface area contributed by atoms with Crippen molar-refractivity contribution in [2.75, 3.05) is 13.1 Å². The average molecular weight is 430 g/mol. The van der Waals surface area contributed by atoms with Gasteiger partial charge in [0.2, 0.25) is 0 Å². The van der Waals surface area contributed by atoms with Crippen molar-refractivity contribution in [2.45, 2.75) is 45.1 Å². The van der Waals surface area contributed by atoms with E-state index < -0.39 is 0 Å². The molecular formula is C17H27IN4O. The lowest BCUT2D eigenvalue weighted by Crippen LogP contribution is -2.41. The lowest BCUT2D eigenvalue weighted by molar-refractivity contribution is 0.0954. The van der Waals surface area contributed by atoms with Gasteiger partial charge in [0.1, 0.15) is 0 Å². The number of nitrogens with one attached hydrogen (secondary N) is 2. The fraction of sp³-hybridized carbons (Fsp3) is 0.529. The van der Waals surface area contributed by atoms with E-state index >= 15 is 0 Å². The largest absolute Gasteiger partial charge is 0.370 e. The minimum Gasteiger partial charge on any atom is -0.370 e. The summed E-state index contributed by atoms with van der Waals surface area (Å²) in [7, 11) is 0. The van der Waals surface area contributed by atoms with E-state index in [1.54, 1.807) is 0 Å². The van der Waals surface area contributed by atoms with Crippen LogP contribution in [0.2, 0.25) is 0 Å². The van der Waals surface area contributed by atoms with E-state index in [1.807, 2.05) is 31.2 Å². The van der Waals surface area contributed by atoms with Gasteiger partial charge in [-0.1, -0.05) is 37.0 Å². The van der Waals surface area contributed by atoms with Crippen molar-refractivity contribution in [3.8, 4) is 0 Å². The number of aliphatic imine (C=N–C) groups is 1. The maximum absolute atomic E-state index is 12.0. The molecule has 0 spiro atoms. The molecule has 23 heavy (non-hydrogen) atoms. The number of guanidine groups is 1. The fourth-order valence-electron chi connectivity index (χ4n) is 2.74. The zero-order valence-corrected chi connectivity index (χ0v) is 16.0. The molecule has 0 bridgehead atoms. The van der Waals surface area contributed by atoms with Crippen molar-refractivity contribution in [3.05, 3.63) is 35.4 Å². The van der Waals surface area contributed by atoms with Gasteiger partial charge in [-0.25, -0.2) is 0 Å². The maximum atomic E-state index is 12.0. The Morgan fingerprint density at radius 2 is 2.04 bits per heavy atom. The van der Waals surface area contributed by atoms with E-state index in [1.165, 1.54) is 32.1 Å². The van der Waals surface area contributed by atoms with Crippen molar-refractivity contribution < 1.29 is 4.79 Å². The number of hydrogen-bond donors (Lipinski definition) is 3. The lowest BCUT2D eigenvalue weighted by Gasteiger charge is -2.23. The first-order valence-electron chi connectivity index (χ1n) is 8.06. The van der Waals surface area contributed by atoms with Gasteiger partial charge in [-0.05, 0) is 31.9 Å². The summed E-state index contributed by atoms with van der Waals surface area (Å²) in [5.74, 6) is 0.411. The van der Waals surface area contributed by atoms with Crippen LogP contribution in [0, 0.1) is 6.92 Å². The summed E-state index contributed by atoms with van der Waals surface area (Å²) in [6, 6.07) is 7.99. The van der Waals surface area contributed by atoms with Crippen molar-refractivity contribution >= 4 is 35.8 Å². The van der Waals surface area contributed by atoms with Gasteiger partial charge >= 0.3 is 0 Å². The number of carbonyl (C=O) groups excluding carboxylic acids is 1. The number of nitrogens with zero attached hydrogens (tertiary/aromatic N) is 1. The Morgan fingerprint density at radius 1 is 1.30 bits per heavy atom. The van der Waals surface area contributed by atoms with Crippen LogP contribution in [-0.4, -0.2) is 31.0 Å². The summed E-state index contributed by atoms with van der Waals surface area (Å²) in [6.07, 6.45) is 6.18. The van der Waals surface area contributed by atoms with Crippen LogP contribution in [0.1, 0.15) is 48.0 Å². The monoisotopic (exact) mass is 430 g/mol. The molecule has 1 aromatic rings. The standard InChI is InChI=1S/C17H26N4O.HI/c1-13-6-5-7-14(12-13)16(22)19-10-11-20-17(18)21-15-8-3-2-4-9-15;/h5-7,12,15H,2-4,8-11H2,1H3,(H,19,22)(H3,18,20,21);1H. The predicted octanol–water partition coefficient (Wildman–Crippen LogP) is 2.58. The Hall–Kier alpha value is -1.31. The second-order valence-electron chi connectivity index (χ2n) is 5.87. The Balaban J connectivity index is 0.00000264. The van der Waals surface area contributed by atoms with Crippen molar-refractivity contribution in [1.82, 2.24) is 10.6 Å². The summed E-state index contributed by atoms with van der Waals surface area (Å²) in [5, 5.41) is 6.12. The fourth-order valence-corrected chi connectivity index (χ4v) is 2.74. The van der Waals surface area contributed by atoms with Gasteiger partial charge in [0.15, 0.2) is 5.96 Å². The molecule has 0 atom stereocenters. The highest BCUT2D eigenvalue weighted by atomic mass is 127. The third kappa shape index (κ3) is 7.20.